The second-order valence-corrected chi connectivity index (χ2v) is 9.12. The smallest absolute Gasteiger partial charge is 0.271 e. The lowest BCUT2D eigenvalue weighted by Gasteiger charge is -2.21. The molecule has 2 aromatic rings. The number of benzene rings is 2. The molecule has 8 nitrogen and oxygen atoms in total. The number of hydrogen-bond acceptors (Lipinski definition) is 6. The molecule has 0 saturated carbocycles. The summed E-state index contributed by atoms with van der Waals surface area (Å²) in [6.45, 7) is 7.65. The van der Waals surface area contributed by atoms with Gasteiger partial charge >= 0.3 is 0 Å². The molecule has 0 aliphatic heterocycles. The number of non-ortho nitro benzene ring substituents is 1. The van der Waals surface area contributed by atoms with E-state index in [1.54, 1.807) is 19.1 Å². The zero-order valence-corrected chi connectivity index (χ0v) is 17.1. The molecule has 0 aliphatic rings. The first-order valence-electron chi connectivity index (χ1n) is 8.73. The van der Waals surface area contributed by atoms with Crippen LogP contribution in [0.1, 0.15) is 31.9 Å². The first-order valence-corrected chi connectivity index (χ1v) is 10.2. The van der Waals surface area contributed by atoms with Crippen LogP contribution in [0.2, 0.25) is 0 Å². The van der Waals surface area contributed by atoms with E-state index in [9.17, 15) is 18.5 Å². The second-order valence-electron chi connectivity index (χ2n) is 7.47. The van der Waals surface area contributed by atoms with Gasteiger partial charge in [-0.3, -0.25) is 14.8 Å². The van der Waals surface area contributed by atoms with E-state index >= 15 is 0 Å². The fourth-order valence-electron chi connectivity index (χ4n) is 2.63. The maximum Gasteiger partial charge on any atom is 0.271 e. The average molecular weight is 407 g/mol. The Bertz CT molecular complexity index is 982. The quantitative estimate of drug-likeness (QED) is 0.478. The van der Waals surface area contributed by atoms with Crippen molar-refractivity contribution in [3.8, 4) is 0 Å². The van der Waals surface area contributed by atoms with Crippen molar-refractivity contribution in [3.05, 3.63) is 57.6 Å². The number of aliphatic hydroxyl groups excluding tert-OH is 1. The summed E-state index contributed by atoms with van der Waals surface area (Å²) in [4.78, 5) is 10.6. The lowest BCUT2D eigenvalue weighted by molar-refractivity contribution is -0.384. The van der Waals surface area contributed by atoms with Gasteiger partial charge in [0.25, 0.3) is 15.7 Å². The van der Waals surface area contributed by atoms with Crippen LogP contribution in [0.4, 0.5) is 17.1 Å². The molecule has 2 rings (SSSR count). The third kappa shape index (κ3) is 4.99. The fourth-order valence-corrected chi connectivity index (χ4v) is 3.97. The van der Waals surface area contributed by atoms with E-state index in [0.717, 1.165) is 11.6 Å². The monoisotopic (exact) mass is 407 g/mol. The van der Waals surface area contributed by atoms with Crippen molar-refractivity contribution in [2.24, 2.45) is 0 Å². The van der Waals surface area contributed by atoms with Gasteiger partial charge in [-0.1, -0.05) is 32.9 Å². The molecule has 0 atom stereocenters. The molecule has 0 heterocycles. The van der Waals surface area contributed by atoms with Gasteiger partial charge in [0.15, 0.2) is 0 Å². The third-order valence-corrected chi connectivity index (χ3v) is 5.74. The van der Waals surface area contributed by atoms with E-state index in [2.05, 4.69) is 10.0 Å². The van der Waals surface area contributed by atoms with Crippen molar-refractivity contribution in [2.75, 3.05) is 23.2 Å². The number of rotatable bonds is 7. The maximum absolute atomic E-state index is 13.1. The van der Waals surface area contributed by atoms with Crippen LogP contribution in [0.15, 0.2) is 41.3 Å². The minimum absolute atomic E-state index is 0.0446. The first-order chi connectivity index (χ1) is 13.0. The summed E-state index contributed by atoms with van der Waals surface area (Å²) < 4.78 is 28.6. The number of nitro groups is 1. The third-order valence-electron chi connectivity index (χ3n) is 4.23. The molecule has 3 N–H and O–H groups in total. The number of anilines is 2. The molecular weight excluding hydrogens is 382 g/mol. The maximum atomic E-state index is 13.1. The lowest BCUT2D eigenvalue weighted by Crippen LogP contribution is -2.18. The minimum Gasteiger partial charge on any atom is -0.395 e. The highest BCUT2D eigenvalue weighted by atomic mass is 32.2. The molecule has 0 aromatic heterocycles. The van der Waals surface area contributed by atoms with E-state index in [1.165, 1.54) is 12.1 Å². The number of aliphatic hydroxyl groups is 1. The normalized spacial score (nSPS) is 11.9. The van der Waals surface area contributed by atoms with Gasteiger partial charge < -0.3 is 10.4 Å². The van der Waals surface area contributed by atoms with Crippen molar-refractivity contribution in [1.29, 1.82) is 0 Å². The highest BCUT2D eigenvalue weighted by Crippen LogP contribution is 2.31. The van der Waals surface area contributed by atoms with Crippen LogP contribution in [0.3, 0.4) is 0 Å². The van der Waals surface area contributed by atoms with Gasteiger partial charge in [-0.15, -0.1) is 0 Å². The molecule has 0 aliphatic carbocycles. The number of hydrogen-bond donors (Lipinski definition) is 3. The summed E-state index contributed by atoms with van der Waals surface area (Å²) in [5.41, 5.74) is 1.33. The Hall–Kier alpha value is -2.65. The highest BCUT2D eigenvalue weighted by molar-refractivity contribution is 7.92. The first kappa shape index (κ1) is 21.6. The van der Waals surface area contributed by atoms with Crippen molar-refractivity contribution >= 4 is 27.1 Å². The molecule has 0 bridgehead atoms. The number of aryl methyl sites for hydroxylation is 1. The molecule has 0 amide bonds. The van der Waals surface area contributed by atoms with Crippen LogP contribution in [0.5, 0.6) is 0 Å². The summed E-state index contributed by atoms with van der Waals surface area (Å²) >= 11 is 0. The van der Waals surface area contributed by atoms with E-state index in [4.69, 9.17) is 5.11 Å². The number of nitrogens with one attached hydrogen (secondary N) is 2. The van der Waals surface area contributed by atoms with Crippen molar-refractivity contribution in [3.63, 3.8) is 0 Å². The number of sulfonamides is 1. The molecule has 2 aromatic carbocycles. The highest BCUT2D eigenvalue weighted by Gasteiger charge is 2.23. The Morgan fingerprint density at radius 3 is 2.36 bits per heavy atom. The van der Waals surface area contributed by atoms with Crippen LogP contribution in [-0.4, -0.2) is 31.6 Å². The predicted octanol–water partition coefficient (Wildman–Crippen LogP) is 3.41. The van der Waals surface area contributed by atoms with Crippen LogP contribution in [0, 0.1) is 17.0 Å². The van der Waals surface area contributed by atoms with Crippen LogP contribution in [-0.2, 0) is 15.4 Å². The Morgan fingerprint density at radius 2 is 1.79 bits per heavy atom. The van der Waals surface area contributed by atoms with E-state index in [0.29, 0.717) is 11.3 Å². The van der Waals surface area contributed by atoms with E-state index in [1.807, 2.05) is 26.8 Å². The van der Waals surface area contributed by atoms with Gasteiger partial charge in [0.05, 0.1) is 27.8 Å². The zero-order chi connectivity index (χ0) is 21.1. The van der Waals surface area contributed by atoms with Crippen LogP contribution < -0.4 is 10.0 Å². The van der Waals surface area contributed by atoms with E-state index in [-0.39, 0.29) is 34.8 Å². The summed E-state index contributed by atoms with van der Waals surface area (Å²) in [6.07, 6.45) is 0. The topological polar surface area (TPSA) is 122 Å². The summed E-state index contributed by atoms with van der Waals surface area (Å²) in [5.74, 6) is 0. The average Bonchev–Trinajstić information content (AvgIpc) is 2.59. The van der Waals surface area contributed by atoms with Crippen LogP contribution in [0.25, 0.3) is 0 Å². The molecule has 9 heteroatoms. The molecule has 0 fully saturated rings. The van der Waals surface area contributed by atoms with Gasteiger partial charge in [0, 0.05) is 18.7 Å². The second kappa shape index (κ2) is 8.15. The molecule has 0 radical (unpaired) electrons. The number of nitro benzene ring substituents is 1. The predicted molar refractivity (Wildman–Crippen MR) is 109 cm³/mol. The Morgan fingerprint density at radius 1 is 1.11 bits per heavy atom. The van der Waals surface area contributed by atoms with Gasteiger partial charge in [0.2, 0.25) is 0 Å². The zero-order valence-electron chi connectivity index (χ0n) is 16.3. The van der Waals surface area contributed by atoms with Crippen molar-refractivity contribution < 1.29 is 18.4 Å². The fraction of sp³-hybridized carbons (Fsp3) is 0.368. The van der Waals surface area contributed by atoms with Gasteiger partial charge in [-0.25, -0.2) is 8.42 Å². The van der Waals surface area contributed by atoms with Gasteiger partial charge in [0.1, 0.15) is 0 Å². The van der Waals surface area contributed by atoms with Gasteiger partial charge in [-0.05, 0) is 35.6 Å². The largest absolute Gasteiger partial charge is 0.395 e. The van der Waals surface area contributed by atoms with Crippen molar-refractivity contribution in [2.45, 2.75) is 38.0 Å². The molecular formula is C19H25N3O5S. The minimum atomic E-state index is -3.99. The van der Waals surface area contributed by atoms with Gasteiger partial charge in [-0.2, -0.15) is 0 Å². The molecule has 0 unspecified atom stereocenters. The standard InChI is InChI=1S/C19H25N3O5S/c1-13-5-6-14(19(2,3)4)11-18(13)28(26,27)21-17-12-15(22(24)25)7-8-16(17)20-9-10-23/h5-8,11-12,20-21,23H,9-10H2,1-4H3. The molecule has 28 heavy (non-hydrogen) atoms. The molecule has 0 saturated heterocycles. The molecule has 0 spiro atoms. The Kier molecular flexibility index (Phi) is 6.30. The molecule has 152 valence electrons. The summed E-state index contributed by atoms with van der Waals surface area (Å²) in [6, 6.07) is 9.08. The van der Waals surface area contributed by atoms with Crippen LogP contribution >= 0.6 is 0 Å². The van der Waals surface area contributed by atoms with Crippen molar-refractivity contribution in [1.82, 2.24) is 0 Å². The number of nitrogens with zero attached hydrogens (tertiary/aromatic N) is 1. The summed E-state index contributed by atoms with van der Waals surface area (Å²) in [5, 5.41) is 23.0. The lowest BCUT2D eigenvalue weighted by atomic mass is 9.87. The SMILES string of the molecule is Cc1ccc(C(C)(C)C)cc1S(=O)(=O)Nc1cc([N+](=O)[O-])ccc1NCCO. The Balaban J connectivity index is 2.51. The summed E-state index contributed by atoms with van der Waals surface area (Å²) in [7, 11) is -3.99. The van der Waals surface area contributed by atoms with E-state index < -0.39 is 14.9 Å². The Labute approximate surface area is 164 Å².